The van der Waals surface area contributed by atoms with Gasteiger partial charge in [-0.1, -0.05) is 18.2 Å². The van der Waals surface area contributed by atoms with Gasteiger partial charge in [0.1, 0.15) is 12.4 Å². The predicted octanol–water partition coefficient (Wildman–Crippen LogP) is 3.87. The van der Waals surface area contributed by atoms with Gasteiger partial charge < -0.3 is 10.5 Å². The second-order valence-electron chi connectivity index (χ2n) is 4.87. The average molecular weight is 277 g/mol. The van der Waals surface area contributed by atoms with Gasteiger partial charge in [-0.15, -0.1) is 0 Å². The fourth-order valence-corrected chi connectivity index (χ4v) is 1.93. The molecule has 0 saturated carbocycles. The van der Waals surface area contributed by atoms with Crippen LogP contribution in [0.3, 0.4) is 0 Å². The van der Waals surface area contributed by atoms with Crippen LogP contribution in [0.15, 0.2) is 36.4 Å². The second kappa shape index (κ2) is 6.01. The predicted molar refractivity (Wildman–Crippen MR) is 74.5 cm³/mol. The van der Waals surface area contributed by atoms with Crippen LogP contribution in [-0.4, -0.2) is 0 Å². The number of rotatable bonds is 4. The molecule has 2 nitrogen and oxygen atoms in total. The third-order valence-electron chi connectivity index (χ3n) is 3.04. The molecule has 1 atom stereocenters. The third kappa shape index (κ3) is 3.33. The molecule has 0 amide bonds. The van der Waals surface area contributed by atoms with E-state index in [1.807, 2.05) is 32.0 Å². The maximum Gasteiger partial charge on any atom is 0.159 e. The van der Waals surface area contributed by atoms with Crippen LogP contribution >= 0.6 is 0 Å². The Hall–Kier alpha value is -1.94. The van der Waals surface area contributed by atoms with E-state index in [2.05, 4.69) is 0 Å². The average Bonchev–Trinajstić information content (AvgIpc) is 2.40. The quantitative estimate of drug-likeness (QED) is 0.920. The summed E-state index contributed by atoms with van der Waals surface area (Å²) in [6.07, 6.45) is 0. The smallest absolute Gasteiger partial charge is 0.159 e. The SMILES string of the molecule is Cc1ccc([C@@H](C)N)c(OCc2ccc(F)c(F)c2)c1. The molecular weight excluding hydrogens is 260 g/mol. The minimum absolute atomic E-state index is 0.157. The van der Waals surface area contributed by atoms with Crippen LogP contribution in [-0.2, 0) is 6.61 Å². The maximum absolute atomic E-state index is 13.1. The zero-order valence-corrected chi connectivity index (χ0v) is 11.5. The number of benzene rings is 2. The summed E-state index contributed by atoms with van der Waals surface area (Å²) in [5.41, 5.74) is 8.40. The number of hydrogen-bond donors (Lipinski definition) is 1. The van der Waals surface area contributed by atoms with E-state index in [9.17, 15) is 8.78 Å². The van der Waals surface area contributed by atoms with Crippen molar-refractivity contribution in [2.45, 2.75) is 26.5 Å². The molecule has 4 heteroatoms. The normalized spacial score (nSPS) is 12.2. The molecule has 0 aromatic heterocycles. The van der Waals surface area contributed by atoms with Crippen LogP contribution in [0.2, 0.25) is 0 Å². The molecule has 2 aromatic rings. The Labute approximate surface area is 117 Å². The number of hydrogen-bond acceptors (Lipinski definition) is 2. The molecule has 0 saturated heterocycles. The highest BCUT2D eigenvalue weighted by Crippen LogP contribution is 2.26. The zero-order valence-electron chi connectivity index (χ0n) is 11.5. The number of halogens is 2. The fraction of sp³-hybridized carbons (Fsp3) is 0.250. The van der Waals surface area contributed by atoms with E-state index >= 15 is 0 Å². The van der Waals surface area contributed by atoms with Gasteiger partial charge in [0.15, 0.2) is 11.6 Å². The van der Waals surface area contributed by atoms with E-state index in [-0.39, 0.29) is 12.6 Å². The Balaban J connectivity index is 2.17. The van der Waals surface area contributed by atoms with Crippen molar-refractivity contribution in [3.63, 3.8) is 0 Å². The molecule has 0 spiro atoms. The van der Waals surface area contributed by atoms with Gasteiger partial charge in [0.05, 0.1) is 0 Å². The molecular formula is C16H17F2NO. The van der Waals surface area contributed by atoms with Gasteiger partial charge >= 0.3 is 0 Å². The number of nitrogens with two attached hydrogens (primary N) is 1. The van der Waals surface area contributed by atoms with Crippen LogP contribution in [0.5, 0.6) is 5.75 Å². The van der Waals surface area contributed by atoms with E-state index < -0.39 is 11.6 Å². The van der Waals surface area contributed by atoms with Gasteiger partial charge in [-0.05, 0) is 43.2 Å². The molecule has 106 valence electrons. The highest BCUT2D eigenvalue weighted by atomic mass is 19.2. The van der Waals surface area contributed by atoms with Crippen molar-refractivity contribution in [2.24, 2.45) is 5.73 Å². The minimum atomic E-state index is -0.872. The Bertz CT molecular complexity index is 611. The fourth-order valence-electron chi connectivity index (χ4n) is 1.93. The molecule has 0 aliphatic carbocycles. The molecule has 0 fully saturated rings. The van der Waals surface area contributed by atoms with Crippen molar-refractivity contribution >= 4 is 0 Å². The van der Waals surface area contributed by atoms with Crippen LogP contribution in [0, 0.1) is 18.6 Å². The summed E-state index contributed by atoms with van der Waals surface area (Å²) in [7, 11) is 0. The summed E-state index contributed by atoms with van der Waals surface area (Å²) in [5, 5.41) is 0. The molecule has 20 heavy (non-hydrogen) atoms. The minimum Gasteiger partial charge on any atom is -0.489 e. The first-order valence-electron chi connectivity index (χ1n) is 6.40. The van der Waals surface area contributed by atoms with Gasteiger partial charge in [0.25, 0.3) is 0 Å². The van der Waals surface area contributed by atoms with Gasteiger partial charge in [0.2, 0.25) is 0 Å². The molecule has 0 heterocycles. The van der Waals surface area contributed by atoms with Gasteiger partial charge in [-0.25, -0.2) is 8.78 Å². The first kappa shape index (κ1) is 14.5. The summed E-state index contributed by atoms with van der Waals surface area (Å²) in [4.78, 5) is 0. The molecule has 0 radical (unpaired) electrons. The van der Waals surface area contributed by atoms with Crippen molar-refractivity contribution in [1.82, 2.24) is 0 Å². The van der Waals surface area contributed by atoms with Crippen molar-refractivity contribution in [2.75, 3.05) is 0 Å². The lowest BCUT2D eigenvalue weighted by molar-refractivity contribution is 0.300. The van der Waals surface area contributed by atoms with Crippen molar-refractivity contribution in [1.29, 1.82) is 0 Å². The van der Waals surface area contributed by atoms with E-state index in [1.165, 1.54) is 6.07 Å². The van der Waals surface area contributed by atoms with Gasteiger partial charge in [-0.2, -0.15) is 0 Å². The van der Waals surface area contributed by atoms with E-state index in [1.54, 1.807) is 0 Å². The summed E-state index contributed by atoms with van der Waals surface area (Å²) < 4.78 is 31.7. The zero-order chi connectivity index (χ0) is 14.7. The van der Waals surface area contributed by atoms with Crippen molar-refractivity contribution < 1.29 is 13.5 Å². The Morgan fingerprint density at radius 2 is 1.85 bits per heavy atom. The molecule has 2 aromatic carbocycles. The van der Waals surface area contributed by atoms with Crippen molar-refractivity contribution in [3.05, 3.63) is 64.7 Å². The lowest BCUT2D eigenvalue weighted by Crippen LogP contribution is -2.08. The van der Waals surface area contributed by atoms with Crippen molar-refractivity contribution in [3.8, 4) is 5.75 Å². The van der Waals surface area contributed by atoms with E-state index in [0.717, 1.165) is 23.3 Å². The molecule has 0 unspecified atom stereocenters. The number of aryl methyl sites for hydroxylation is 1. The maximum atomic E-state index is 13.1. The Morgan fingerprint density at radius 1 is 1.10 bits per heavy atom. The second-order valence-corrected chi connectivity index (χ2v) is 4.87. The third-order valence-corrected chi connectivity index (χ3v) is 3.04. The first-order chi connectivity index (χ1) is 9.47. The Morgan fingerprint density at radius 3 is 2.50 bits per heavy atom. The lowest BCUT2D eigenvalue weighted by Gasteiger charge is -2.15. The highest BCUT2D eigenvalue weighted by Gasteiger charge is 2.09. The topological polar surface area (TPSA) is 35.2 Å². The van der Waals surface area contributed by atoms with Crippen LogP contribution in [0.1, 0.15) is 29.7 Å². The summed E-state index contributed by atoms with van der Waals surface area (Å²) in [6, 6.07) is 9.34. The Kier molecular flexibility index (Phi) is 4.35. The van der Waals surface area contributed by atoms with E-state index in [4.69, 9.17) is 10.5 Å². The van der Waals surface area contributed by atoms with Crippen LogP contribution < -0.4 is 10.5 Å². The summed E-state index contributed by atoms with van der Waals surface area (Å²) >= 11 is 0. The van der Waals surface area contributed by atoms with E-state index in [0.29, 0.717) is 11.3 Å². The van der Waals surface area contributed by atoms with Gasteiger partial charge in [-0.3, -0.25) is 0 Å². The summed E-state index contributed by atoms with van der Waals surface area (Å²) in [6.45, 7) is 3.99. The van der Waals surface area contributed by atoms with Crippen LogP contribution in [0.25, 0.3) is 0 Å². The molecule has 0 aliphatic rings. The molecule has 2 rings (SSSR count). The van der Waals surface area contributed by atoms with Crippen LogP contribution in [0.4, 0.5) is 8.78 Å². The molecule has 0 aliphatic heterocycles. The number of ether oxygens (including phenoxy) is 1. The standard InChI is InChI=1S/C16H17F2NO/c1-10-3-5-13(11(2)19)16(7-10)20-9-12-4-6-14(17)15(18)8-12/h3-8,11H,9,19H2,1-2H3/t11-/m1/s1. The molecule has 0 bridgehead atoms. The largest absolute Gasteiger partial charge is 0.489 e. The van der Waals surface area contributed by atoms with Gasteiger partial charge in [0, 0.05) is 11.6 Å². The lowest BCUT2D eigenvalue weighted by atomic mass is 10.1. The molecule has 2 N–H and O–H groups in total. The summed E-state index contributed by atoms with van der Waals surface area (Å²) in [5.74, 6) is -1.06. The highest BCUT2D eigenvalue weighted by molar-refractivity contribution is 5.39. The monoisotopic (exact) mass is 277 g/mol. The first-order valence-corrected chi connectivity index (χ1v) is 6.40.